The van der Waals surface area contributed by atoms with Crippen LogP contribution in [0, 0.1) is 27.7 Å². The molecule has 0 N–H and O–H groups in total. The van der Waals surface area contributed by atoms with Crippen molar-refractivity contribution in [1.29, 1.82) is 0 Å². The minimum absolute atomic E-state index is 0. The maximum Gasteiger partial charge on any atom is 2.00 e. The van der Waals surface area contributed by atoms with E-state index in [1.165, 1.54) is 61.6 Å². The number of aryl methyl sites for hydroxylation is 4. The summed E-state index contributed by atoms with van der Waals surface area (Å²) < 4.78 is 4.30. The molecule has 0 saturated carbocycles. The Bertz CT molecular complexity index is 1310. The molecule has 0 aliphatic rings. The van der Waals surface area contributed by atoms with Crippen molar-refractivity contribution in [3.63, 3.8) is 0 Å². The van der Waals surface area contributed by atoms with E-state index < -0.39 is 0 Å². The molecule has 0 unspecified atom stereocenters. The van der Waals surface area contributed by atoms with Crippen molar-refractivity contribution in [1.82, 2.24) is 9.13 Å². The van der Waals surface area contributed by atoms with Crippen LogP contribution in [-0.4, -0.2) is 15.5 Å². The van der Waals surface area contributed by atoms with Gasteiger partial charge in [-0.15, -0.1) is 80.7 Å². The van der Waals surface area contributed by atoms with Crippen LogP contribution < -0.4 is 0 Å². The number of hydrogen-bond acceptors (Lipinski definition) is 0. The predicted octanol–water partition coefficient (Wildman–Crippen LogP) is 8.78. The minimum Gasteiger partial charge on any atom is -0.342 e. The number of aromatic nitrogens is 2. The summed E-state index contributed by atoms with van der Waals surface area (Å²) in [5.41, 5.74) is 7.88. The zero-order valence-electron chi connectivity index (χ0n) is 21.0. The second-order valence-electron chi connectivity index (χ2n) is 8.66. The smallest absolute Gasteiger partial charge is 0.342 e. The quantitative estimate of drug-likeness (QED) is 0.149. The normalized spacial score (nSPS) is 10.3. The molecule has 0 radical (unpaired) electrons. The van der Waals surface area contributed by atoms with Crippen LogP contribution in [0.2, 0.25) is 0 Å². The van der Waals surface area contributed by atoms with Crippen LogP contribution in [0.5, 0.6) is 0 Å². The monoisotopic (exact) mass is 556 g/mol. The first-order valence-corrected chi connectivity index (χ1v) is 12.2. The van der Waals surface area contributed by atoms with Crippen molar-refractivity contribution in [2.24, 2.45) is 0 Å². The fourth-order valence-electron chi connectivity index (χ4n) is 4.46. The van der Waals surface area contributed by atoms with Crippen molar-refractivity contribution in [2.75, 3.05) is 6.38 Å². The SMILES string of the molecule is CCl.Cc1ccc(C)c2[cH-]c(-n3cccc3)cc12.Cc1ccc(C)c2[cH-]c(-n3cccc3)cc12.[Zr+2]. The molecule has 0 aliphatic carbocycles. The van der Waals surface area contributed by atoms with E-state index >= 15 is 0 Å². The van der Waals surface area contributed by atoms with Crippen molar-refractivity contribution in [2.45, 2.75) is 27.7 Å². The molecule has 0 bridgehead atoms. The molecule has 6 aromatic rings. The molecule has 176 valence electrons. The summed E-state index contributed by atoms with van der Waals surface area (Å²) in [7, 11) is 0. The van der Waals surface area contributed by atoms with Crippen LogP contribution in [0.15, 0.2) is 97.6 Å². The first-order chi connectivity index (χ1) is 16.5. The third-order valence-corrected chi connectivity index (χ3v) is 6.42. The predicted molar refractivity (Wildman–Crippen MR) is 148 cm³/mol. The van der Waals surface area contributed by atoms with Gasteiger partial charge in [0.25, 0.3) is 0 Å². The van der Waals surface area contributed by atoms with Gasteiger partial charge >= 0.3 is 26.2 Å². The number of alkyl halides is 1. The third-order valence-electron chi connectivity index (χ3n) is 6.42. The molecule has 0 saturated heterocycles. The Balaban J connectivity index is 0.000000178. The van der Waals surface area contributed by atoms with Crippen LogP contribution in [0.4, 0.5) is 0 Å². The van der Waals surface area contributed by atoms with E-state index in [1.807, 2.05) is 0 Å². The first kappa shape index (κ1) is 27.0. The first-order valence-electron chi connectivity index (χ1n) is 11.5. The number of rotatable bonds is 2. The standard InChI is InChI=1S/2C15H14N.CH3Cl.Zr/c2*1-11-5-6-12(2)15-10-13(9-14(11)15)16-7-3-4-8-16;1-2;/h2*3-10H,1-2H3;1H3;/q2*-1;;+2. The second-order valence-corrected chi connectivity index (χ2v) is 8.66. The van der Waals surface area contributed by atoms with Crippen LogP contribution in [0.25, 0.3) is 32.9 Å². The summed E-state index contributed by atoms with van der Waals surface area (Å²) in [5.74, 6) is 0. The molecule has 4 aromatic carbocycles. The molecule has 0 fully saturated rings. The average molecular weight is 558 g/mol. The molecule has 0 spiro atoms. The molecule has 2 aromatic heterocycles. The van der Waals surface area contributed by atoms with Gasteiger partial charge in [-0.2, -0.15) is 0 Å². The Hall–Kier alpha value is -2.61. The van der Waals surface area contributed by atoms with Gasteiger partial charge < -0.3 is 9.13 Å². The van der Waals surface area contributed by atoms with Gasteiger partial charge in [0.05, 0.1) is 0 Å². The number of hydrogen-bond donors (Lipinski definition) is 0. The maximum atomic E-state index is 4.64. The topological polar surface area (TPSA) is 9.86 Å². The molecule has 0 atom stereocenters. The van der Waals surface area contributed by atoms with Gasteiger partial charge in [0.1, 0.15) is 0 Å². The molecule has 0 aliphatic heterocycles. The molecular weight excluding hydrogens is 527 g/mol. The maximum absolute atomic E-state index is 4.64. The van der Waals surface area contributed by atoms with Gasteiger partial charge in [0.2, 0.25) is 0 Å². The second kappa shape index (κ2) is 11.9. The Labute approximate surface area is 232 Å². The Morgan fingerprint density at radius 2 is 0.857 bits per heavy atom. The van der Waals surface area contributed by atoms with Crippen molar-refractivity contribution < 1.29 is 26.2 Å². The van der Waals surface area contributed by atoms with Gasteiger partial charge in [-0.3, -0.25) is 0 Å². The van der Waals surface area contributed by atoms with Gasteiger partial charge in [-0.05, 0) is 49.5 Å². The summed E-state index contributed by atoms with van der Waals surface area (Å²) in [4.78, 5) is 0. The summed E-state index contributed by atoms with van der Waals surface area (Å²) in [6.45, 7) is 8.67. The fraction of sp³-hybridized carbons (Fsp3) is 0.161. The molecule has 2 heterocycles. The number of nitrogens with zero attached hydrogens (tertiary/aromatic N) is 2. The average Bonchev–Trinajstić information content (AvgIpc) is 3.64. The number of benzene rings is 2. The molecule has 2 nitrogen and oxygen atoms in total. The van der Waals surface area contributed by atoms with Gasteiger partial charge in [-0.1, -0.05) is 37.1 Å². The zero-order valence-corrected chi connectivity index (χ0v) is 24.2. The molecule has 6 rings (SSSR count). The summed E-state index contributed by atoms with van der Waals surface area (Å²) in [5, 5.41) is 5.46. The van der Waals surface area contributed by atoms with E-state index in [-0.39, 0.29) is 26.2 Å². The van der Waals surface area contributed by atoms with E-state index in [0.717, 1.165) is 0 Å². The van der Waals surface area contributed by atoms with Crippen LogP contribution >= 0.6 is 11.6 Å². The third kappa shape index (κ3) is 5.63. The molecule has 35 heavy (non-hydrogen) atoms. The van der Waals surface area contributed by atoms with Crippen molar-refractivity contribution in [3.05, 3.63) is 120 Å². The zero-order chi connectivity index (χ0) is 24.2. The summed E-state index contributed by atoms with van der Waals surface area (Å²) in [6.07, 6.45) is 9.80. The number of fused-ring (bicyclic) bond motifs is 2. The fourth-order valence-corrected chi connectivity index (χ4v) is 4.46. The Kier molecular flexibility index (Phi) is 9.17. The Morgan fingerprint density at radius 1 is 0.543 bits per heavy atom. The van der Waals surface area contributed by atoms with Crippen molar-refractivity contribution in [3.8, 4) is 11.4 Å². The largest absolute Gasteiger partial charge is 2.00 e. The molecule has 4 heteroatoms. The minimum atomic E-state index is 0. The van der Waals surface area contributed by atoms with Crippen LogP contribution in [-0.2, 0) is 26.2 Å². The van der Waals surface area contributed by atoms with E-state index in [4.69, 9.17) is 0 Å². The van der Waals surface area contributed by atoms with Crippen LogP contribution in [0.3, 0.4) is 0 Å². The number of halogens is 1. The van der Waals surface area contributed by atoms with Crippen LogP contribution in [0.1, 0.15) is 22.3 Å². The summed E-state index contributed by atoms with van der Waals surface area (Å²) in [6, 6.07) is 26.0. The molecular formula is C31H31ClN2Zr. The van der Waals surface area contributed by atoms with Gasteiger partial charge in [-0.25, -0.2) is 0 Å². The molecule has 0 amide bonds. The van der Waals surface area contributed by atoms with E-state index in [9.17, 15) is 0 Å². The van der Waals surface area contributed by atoms with Crippen molar-refractivity contribution >= 4 is 33.1 Å². The Morgan fingerprint density at radius 3 is 1.17 bits per heavy atom. The summed E-state index contributed by atoms with van der Waals surface area (Å²) >= 11 is 4.64. The van der Waals surface area contributed by atoms with E-state index in [2.05, 4.69) is 146 Å². The van der Waals surface area contributed by atoms with E-state index in [1.54, 1.807) is 0 Å². The van der Waals surface area contributed by atoms with Gasteiger partial charge in [0, 0.05) is 31.2 Å². The van der Waals surface area contributed by atoms with Gasteiger partial charge in [0.15, 0.2) is 0 Å². The van der Waals surface area contributed by atoms with E-state index in [0.29, 0.717) is 0 Å².